The van der Waals surface area contributed by atoms with Crippen LogP contribution in [0.5, 0.6) is 0 Å². The van der Waals surface area contributed by atoms with Crippen molar-refractivity contribution in [3.05, 3.63) is 29.3 Å². The summed E-state index contributed by atoms with van der Waals surface area (Å²) in [6.45, 7) is 3.08. The fourth-order valence-corrected chi connectivity index (χ4v) is 7.08. The van der Waals surface area contributed by atoms with Crippen LogP contribution in [0, 0.1) is 11.8 Å². The van der Waals surface area contributed by atoms with Crippen molar-refractivity contribution in [2.24, 2.45) is 11.8 Å². The van der Waals surface area contributed by atoms with Crippen LogP contribution in [0.1, 0.15) is 75.8 Å². The number of carbonyl (C=O) groups is 1. The zero-order valence-corrected chi connectivity index (χ0v) is 19.1. The van der Waals surface area contributed by atoms with E-state index in [0.717, 1.165) is 25.7 Å². The van der Waals surface area contributed by atoms with Crippen molar-refractivity contribution in [1.82, 2.24) is 9.62 Å². The van der Waals surface area contributed by atoms with E-state index in [9.17, 15) is 13.2 Å². The van der Waals surface area contributed by atoms with Crippen LogP contribution in [0.25, 0.3) is 0 Å². The lowest BCUT2D eigenvalue weighted by Crippen LogP contribution is -2.46. The van der Waals surface area contributed by atoms with Gasteiger partial charge in [-0.15, -0.1) is 0 Å². The molecule has 1 N–H and O–H groups in total. The van der Waals surface area contributed by atoms with E-state index in [4.69, 9.17) is 0 Å². The number of unbranched alkanes of at least 4 members (excludes halogenated alkanes) is 1. The Kier molecular flexibility index (Phi) is 6.83. The molecule has 2 fully saturated rings. The Balaban J connectivity index is 1.32. The van der Waals surface area contributed by atoms with Crippen molar-refractivity contribution in [3.8, 4) is 0 Å². The van der Waals surface area contributed by atoms with Crippen LogP contribution in [-0.4, -0.2) is 37.8 Å². The summed E-state index contributed by atoms with van der Waals surface area (Å²) in [5.41, 5.74) is 2.47. The van der Waals surface area contributed by atoms with Crippen LogP contribution >= 0.6 is 0 Å². The molecule has 1 saturated heterocycles. The predicted octanol–water partition coefficient (Wildman–Crippen LogP) is 4.05. The molecule has 0 aromatic heterocycles. The number of hydrogen-bond donors (Lipinski definition) is 1. The minimum Gasteiger partial charge on any atom is -0.353 e. The molecule has 0 radical (unpaired) electrons. The predicted molar refractivity (Wildman–Crippen MR) is 119 cm³/mol. The zero-order chi connectivity index (χ0) is 21.1. The van der Waals surface area contributed by atoms with Crippen molar-refractivity contribution < 1.29 is 13.2 Å². The topological polar surface area (TPSA) is 66.5 Å². The van der Waals surface area contributed by atoms with Crippen LogP contribution in [0.4, 0.5) is 0 Å². The largest absolute Gasteiger partial charge is 0.353 e. The van der Waals surface area contributed by atoms with Gasteiger partial charge in [-0.25, -0.2) is 8.42 Å². The van der Waals surface area contributed by atoms with Gasteiger partial charge in [-0.1, -0.05) is 32.3 Å². The normalized spacial score (nSPS) is 25.4. The van der Waals surface area contributed by atoms with Crippen molar-refractivity contribution in [3.63, 3.8) is 0 Å². The summed E-state index contributed by atoms with van der Waals surface area (Å²) in [5.74, 6) is 0.691. The first-order valence-electron chi connectivity index (χ1n) is 11.9. The second-order valence-electron chi connectivity index (χ2n) is 9.41. The molecule has 166 valence electrons. The Morgan fingerprint density at radius 2 is 1.83 bits per heavy atom. The van der Waals surface area contributed by atoms with Crippen LogP contribution < -0.4 is 5.32 Å². The number of fused-ring (bicyclic) bond motifs is 1. The molecule has 2 unspecified atom stereocenters. The molecule has 1 aromatic rings. The van der Waals surface area contributed by atoms with Crippen LogP contribution in [0.2, 0.25) is 0 Å². The molecule has 1 saturated carbocycles. The molecule has 0 bridgehead atoms. The molecule has 2 atom stereocenters. The van der Waals surface area contributed by atoms with Crippen molar-refractivity contribution in [2.75, 3.05) is 13.1 Å². The highest BCUT2D eigenvalue weighted by Crippen LogP contribution is 2.32. The molecule has 1 heterocycles. The number of aryl methyl sites for hydroxylation is 2. The van der Waals surface area contributed by atoms with Gasteiger partial charge in [-0.3, -0.25) is 4.79 Å². The van der Waals surface area contributed by atoms with Crippen molar-refractivity contribution in [1.29, 1.82) is 0 Å². The van der Waals surface area contributed by atoms with E-state index in [1.807, 2.05) is 12.1 Å². The Hall–Kier alpha value is -1.40. The number of nitrogens with one attached hydrogen (secondary N) is 1. The number of rotatable bonds is 7. The monoisotopic (exact) mass is 432 g/mol. The lowest BCUT2D eigenvalue weighted by molar-refractivity contribution is -0.127. The Bertz CT molecular complexity index is 859. The lowest BCUT2D eigenvalue weighted by Gasteiger charge is -2.32. The second-order valence-corrected chi connectivity index (χ2v) is 11.3. The third-order valence-corrected chi connectivity index (χ3v) is 9.34. The smallest absolute Gasteiger partial charge is 0.243 e. The van der Waals surface area contributed by atoms with E-state index in [2.05, 4.69) is 12.2 Å². The Morgan fingerprint density at radius 3 is 2.60 bits per heavy atom. The van der Waals surface area contributed by atoms with E-state index in [0.29, 0.717) is 42.8 Å². The number of hydrogen-bond acceptors (Lipinski definition) is 3. The molecule has 1 aliphatic heterocycles. The van der Waals surface area contributed by atoms with Crippen molar-refractivity contribution >= 4 is 15.9 Å². The van der Waals surface area contributed by atoms with Gasteiger partial charge in [-0.05, 0) is 80.5 Å². The number of carbonyl (C=O) groups excluding carboxylic acids is 1. The summed E-state index contributed by atoms with van der Waals surface area (Å²) >= 11 is 0. The van der Waals surface area contributed by atoms with E-state index in [1.165, 1.54) is 43.2 Å². The maximum atomic E-state index is 13.1. The molecule has 4 rings (SSSR count). The van der Waals surface area contributed by atoms with E-state index < -0.39 is 10.0 Å². The summed E-state index contributed by atoms with van der Waals surface area (Å²) in [7, 11) is -3.47. The van der Waals surface area contributed by atoms with Gasteiger partial charge in [0.25, 0.3) is 0 Å². The summed E-state index contributed by atoms with van der Waals surface area (Å²) < 4.78 is 27.8. The fraction of sp³-hybridized carbons (Fsp3) is 0.708. The molecular weight excluding hydrogens is 396 g/mol. The van der Waals surface area contributed by atoms with Gasteiger partial charge < -0.3 is 5.32 Å². The lowest BCUT2D eigenvalue weighted by atomic mass is 9.94. The Labute approximate surface area is 181 Å². The summed E-state index contributed by atoms with van der Waals surface area (Å²) in [4.78, 5) is 13.3. The first kappa shape index (κ1) is 21.8. The number of nitrogens with zero attached hydrogens (tertiary/aromatic N) is 1. The van der Waals surface area contributed by atoms with Gasteiger partial charge in [0.1, 0.15) is 0 Å². The minimum atomic E-state index is -3.47. The van der Waals surface area contributed by atoms with Crippen molar-refractivity contribution in [2.45, 2.75) is 88.5 Å². The highest BCUT2D eigenvalue weighted by atomic mass is 32.2. The van der Waals surface area contributed by atoms with Gasteiger partial charge in [0.05, 0.1) is 4.90 Å². The van der Waals surface area contributed by atoms with Gasteiger partial charge >= 0.3 is 0 Å². The SMILES string of the molecule is CCCCC1CCCC1NC(=O)C1CCN(S(=O)(=O)c2ccc3c(c2)CCC3)CC1. The second kappa shape index (κ2) is 9.39. The molecule has 30 heavy (non-hydrogen) atoms. The van der Waals surface area contributed by atoms with Crippen LogP contribution in [0.3, 0.4) is 0 Å². The maximum Gasteiger partial charge on any atom is 0.243 e. The van der Waals surface area contributed by atoms with Crippen LogP contribution in [0.15, 0.2) is 23.1 Å². The molecule has 3 aliphatic rings. The average Bonchev–Trinajstić information content (AvgIpc) is 3.40. The summed E-state index contributed by atoms with van der Waals surface area (Å²) in [6, 6.07) is 5.92. The fourth-order valence-electron chi connectivity index (χ4n) is 5.56. The number of benzene rings is 1. The molecule has 6 heteroatoms. The zero-order valence-electron chi connectivity index (χ0n) is 18.2. The van der Waals surface area contributed by atoms with E-state index in [1.54, 1.807) is 10.4 Å². The summed E-state index contributed by atoms with van der Waals surface area (Å²) in [6.07, 6.45) is 11.5. The van der Waals surface area contributed by atoms with Crippen LogP contribution in [-0.2, 0) is 27.7 Å². The summed E-state index contributed by atoms with van der Waals surface area (Å²) in [5, 5.41) is 3.31. The third kappa shape index (κ3) is 4.59. The van der Waals surface area contributed by atoms with E-state index >= 15 is 0 Å². The van der Waals surface area contributed by atoms with Gasteiger partial charge in [0, 0.05) is 25.0 Å². The first-order chi connectivity index (χ1) is 14.5. The molecule has 1 aromatic carbocycles. The van der Waals surface area contributed by atoms with Gasteiger partial charge in [0.2, 0.25) is 15.9 Å². The minimum absolute atomic E-state index is 0.0658. The highest BCUT2D eigenvalue weighted by molar-refractivity contribution is 7.89. The number of piperidine rings is 1. The highest BCUT2D eigenvalue weighted by Gasteiger charge is 2.35. The molecule has 1 amide bonds. The number of sulfonamides is 1. The molecule has 2 aliphatic carbocycles. The molecular formula is C24H36N2O3S. The van der Waals surface area contributed by atoms with Gasteiger partial charge in [0.15, 0.2) is 0 Å². The standard InChI is InChI=1S/C24H36N2O3S/c1-2-3-6-19-8-5-10-23(19)25-24(27)20-13-15-26(16-14-20)30(28,29)22-12-11-18-7-4-9-21(18)17-22/h11-12,17,19-20,23H,2-10,13-16H2,1H3,(H,25,27). The maximum absolute atomic E-state index is 13.1. The van der Waals surface area contributed by atoms with E-state index in [-0.39, 0.29) is 11.8 Å². The molecule has 0 spiro atoms. The average molecular weight is 433 g/mol. The quantitative estimate of drug-likeness (QED) is 0.707. The Morgan fingerprint density at radius 1 is 1.07 bits per heavy atom. The molecule has 5 nitrogen and oxygen atoms in total. The first-order valence-corrected chi connectivity index (χ1v) is 13.4. The van der Waals surface area contributed by atoms with Gasteiger partial charge in [-0.2, -0.15) is 4.31 Å². The number of amides is 1. The third-order valence-electron chi connectivity index (χ3n) is 7.45.